The summed E-state index contributed by atoms with van der Waals surface area (Å²) in [6.07, 6.45) is 6.74. The minimum atomic E-state index is -1.11. The lowest BCUT2D eigenvalue weighted by Gasteiger charge is -2.43. The lowest BCUT2D eigenvalue weighted by Crippen LogP contribution is -2.46. The van der Waals surface area contributed by atoms with Crippen LogP contribution in [0.2, 0.25) is 0 Å². The van der Waals surface area contributed by atoms with Gasteiger partial charge in [-0.25, -0.2) is 19.9 Å². The van der Waals surface area contributed by atoms with Gasteiger partial charge < -0.3 is 29.6 Å². The molecule has 0 bridgehead atoms. The molecule has 0 unspecified atom stereocenters. The van der Waals surface area contributed by atoms with E-state index in [9.17, 15) is 9.90 Å². The molecule has 39 heavy (non-hydrogen) atoms. The number of ether oxygens (including phenoxy) is 1. The second-order valence-electron chi connectivity index (χ2n) is 11.4. The highest BCUT2D eigenvalue weighted by atomic mass is 16.5. The number of rotatable bonds is 5. The average Bonchev–Trinajstić information content (AvgIpc) is 3.45. The van der Waals surface area contributed by atoms with Gasteiger partial charge in [-0.15, -0.1) is 0 Å². The fourth-order valence-electron chi connectivity index (χ4n) is 6.36. The first kappa shape index (κ1) is 25.7. The van der Waals surface area contributed by atoms with E-state index in [4.69, 9.17) is 10.5 Å². The van der Waals surface area contributed by atoms with Gasteiger partial charge in [0, 0.05) is 26.1 Å². The van der Waals surface area contributed by atoms with Crippen molar-refractivity contribution in [2.75, 3.05) is 32.0 Å². The second kappa shape index (κ2) is 9.87. The number of aliphatic hydroxyl groups is 1. The zero-order valence-electron chi connectivity index (χ0n) is 22.6. The van der Waals surface area contributed by atoms with E-state index in [-0.39, 0.29) is 24.0 Å². The number of imidazole rings is 2. The first-order chi connectivity index (χ1) is 18.8. The fraction of sp³-hybridized carbons (Fsp3) is 0.536. The molecule has 1 aromatic carbocycles. The van der Waals surface area contributed by atoms with Gasteiger partial charge in [0.05, 0.1) is 36.6 Å². The van der Waals surface area contributed by atoms with E-state index in [2.05, 4.69) is 30.6 Å². The van der Waals surface area contributed by atoms with Gasteiger partial charge in [0.15, 0.2) is 11.5 Å². The van der Waals surface area contributed by atoms with Crippen molar-refractivity contribution in [2.45, 2.75) is 64.1 Å². The maximum absolute atomic E-state index is 13.1. The third kappa shape index (κ3) is 4.74. The molecule has 2 saturated heterocycles. The first-order valence-corrected chi connectivity index (χ1v) is 13.7. The summed E-state index contributed by atoms with van der Waals surface area (Å²) in [6, 6.07) is 7.82. The Morgan fingerprint density at radius 3 is 2.79 bits per heavy atom. The number of benzene rings is 1. The molecule has 0 aliphatic carbocycles. The summed E-state index contributed by atoms with van der Waals surface area (Å²) in [5, 5.41) is 11.4. The van der Waals surface area contributed by atoms with E-state index in [1.807, 2.05) is 34.6 Å². The highest BCUT2D eigenvalue weighted by molar-refractivity contribution is 5.81. The van der Waals surface area contributed by atoms with Crippen molar-refractivity contribution in [3.05, 3.63) is 42.7 Å². The van der Waals surface area contributed by atoms with Gasteiger partial charge in [-0.3, -0.25) is 4.79 Å². The van der Waals surface area contributed by atoms with Crippen molar-refractivity contribution in [3.63, 3.8) is 0 Å². The van der Waals surface area contributed by atoms with Crippen LogP contribution in [0.3, 0.4) is 0 Å². The van der Waals surface area contributed by atoms with Crippen molar-refractivity contribution in [3.8, 4) is 0 Å². The number of likely N-dealkylation sites (tertiary alicyclic amines) is 1. The van der Waals surface area contributed by atoms with E-state index >= 15 is 0 Å². The van der Waals surface area contributed by atoms with E-state index in [0.717, 1.165) is 42.7 Å². The van der Waals surface area contributed by atoms with Gasteiger partial charge in [-0.1, -0.05) is 12.1 Å². The highest BCUT2D eigenvalue weighted by Crippen LogP contribution is 2.46. The zero-order chi connectivity index (χ0) is 27.2. The number of aryl methyl sites for hydroxylation is 2. The maximum Gasteiger partial charge on any atom is 0.222 e. The molecule has 2 aliphatic heterocycles. The number of fused-ring (bicyclic) bond motifs is 2. The molecule has 2 aliphatic rings. The Morgan fingerprint density at radius 2 is 1.97 bits per heavy atom. The Balaban J connectivity index is 1.11. The largest absolute Gasteiger partial charge is 0.386 e. The molecule has 5 heterocycles. The lowest BCUT2D eigenvalue weighted by molar-refractivity contribution is -0.134. The number of piperidine rings is 1. The fourth-order valence-corrected chi connectivity index (χ4v) is 6.36. The van der Waals surface area contributed by atoms with Gasteiger partial charge in [0.1, 0.15) is 23.3 Å². The number of para-hydroxylation sites is 2. The first-order valence-electron chi connectivity index (χ1n) is 13.7. The molecule has 11 heteroatoms. The van der Waals surface area contributed by atoms with Crippen molar-refractivity contribution in [1.82, 2.24) is 34.0 Å². The normalized spacial score (nSPS) is 23.5. The number of nitrogen functional groups attached to an aromatic ring is 1. The molecule has 4 aromatic rings. The van der Waals surface area contributed by atoms with Gasteiger partial charge >= 0.3 is 0 Å². The molecule has 11 nitrogen and oxygen atoms in total. The molecule has 0 radical (unpaired) electrons. The predicted octanol–water partition coefficient (Wildman–Crippen LogP) is 2.87. The van der Waals surface area contributed by atoms with Crippen LogP contribution in [0.15, 0.2) is 36.9 Å². The number of hydrogen-bond acceptors (Lipinski definition) is 8. The quantitative estimate of drug-likeness (QED) is 0.400. The number of carbonyl (C=O) groups excluding carboxylic acids is 1. The smallest absolute Gasteiger partial charge is 0.222 e. The van der Waals surface area contributed by atoms with Crippen LogP contribution in [-0.2, 0) is 16.1 Å². The van der Waals surface area contributed by atoms with Crippen LogP contribution < -0.4 is 5.73 Å². The molecule has 206 valence electrons. The molecule has 2 fully saturated rings. The van der Waals surface area contributed by atoms with Crippen molar-refractivity contribution in [1.29, 1.82) is 0 Å². The summed E-state index contributed by atoms with van der Waals surface area (Å²) in [7, 11) is 0. The lowest BCUT2D eigenvalue weighted by atomic mass is 9.72. The number of amides is 1. The van der Waals surface area contributed by atoms with Gasteiger partial charge in [-0.2, -0.15) is 0 Å². The van der Waals surface area contributed by atoms with E-state index in [0.29, 0.717) is 49.5 Å². The summed E-state index contributed by atoms with van der Waals surface area (Å²) in [5.74, 6) is 1.49. The number of hydrogen-bond donors (Lipinski definition) is 2. The van der Waals surface area contributed by atoms with Crippen LogP contribution in [0.5, 0.6) is 0 Å². The number of anilines is 1. The molecule has 6 rings (SSSR count). The molecule has 1 amide bonds. The van der Waals surface area contributed by atoms with E-state index < -0.39 is 5.60 Å². The monoisotopic (exact) mass is 532 g/mol. The standard InChI is InChI=1S/C28H36N8O3/c1-19-33-20-6-3-4-7-21(20)35(19)11-5-8-23(37)34-12-9-28(10-13-34)14-22(27(2,38)15-39-16-28)36-18-32-24-25(29)30-17-31-26(24)36/h3-4,6-7,17-18,22,38H,5,8-16H2,1-2H3,(H2,29,30,31)/t22-,27-/m1/s1. The minimum absolute atomic E-state index is 0.149. The van der Waals surface area contributed by atoms with Crippen LogP contribution in [0.25, 0.3) is 22.2 Å². The Hall–Kier alpha value is -3.57. The molecule has 1 spiro atoms. The molecule has 0 saturated carbocycles. The topological polar surface area (TPSA) is 137 Å². The molecular formula is C28H36N8O3. The summed E-state index contributed by atoms with van der Waals surface area (Å²) in [5.41, 5.74) is 8.00. The SMILES string of the molecule is Cc1nc2ccccc2n1CCCC(=O)N1CCC2(CC1)COC[C@@](C)(O)[C@H](n1cnc3c(N)ncnc31)C2. The Bertz CT molecular complexity index is 1500. The van der Waals surface area contributed by atoms with Crippen LogP contribution in [-0.4, -0.2) is 76.9 Å². The van der Waals surface area contributed by atoms with Crippen molar-refractivity contribution >= 4 is 33.9 Å². The third-order valence-electron chi connectivity index (χ3n) is 8.66. The van der Waals surface area contributed by atoms with Crippen LogP contribution in [0, 0.1) is 12.3 Å². The van der Waals surface area contributed by atoms with Gasteiger partial charge in [-0.05, 0) is 57.1 Å². The average molecular weight is 533 g/mol. The highest BCUT2D eigenvalue weighted by Gasteiger charge is 2.47. The van der Waals surface area contributed by atoms with E-state index in [1.54, 1.807) is 13.3 Å². The maximum atomic E-state index is 13.1. The number of nitrogens with zero attached hydrogens (tertiary/aromatic N) is 7. The Labute approximate surface area is 227 Å². The predicted molar refractivity (Wildman–Crippen MR) is 147 cm³/mol. The van der Waals surface area contributed by atoms with Gasteiger partial charge in [0.25, 0.3) is 0 Å². The molecule has 3 N–H and O–H groups in total. The second-order valence-corrected chi connectivity index (χ2v) is 11.4. The summed E-state index contributed by atoms with van der Waals surface area (Å²) < 4.78 is 10.2. The third-order valence-corrected chi connectivity index (χ3v) is 8.66. The number of aromatic nitrogens is 6. The van der Waals surface area contributed by atoms with Crippen LogP contribution >= 0.6 is 0 Å². The summed E-state index contributed by atoms with van der Waals surface area (Å²) in [6.45, 7) is 6.72. The molecular weight excluding hydrogens is 496 g/mol. The van der Waals surface area contributed by atoms with Crippen LogP contribution in [0.1, 0.15) is 50.9 Å². The number of carbonyl (C=O) groups is 1. The summed E-state index contributed by atoms with van der Waals surface area (Å²) >= 11 is 0. The zero-order valence-corrected chi connectivity index (χ0v) is 22.6. The summed E-state index contributed by atoms with van der Waals surface area (Å²) in [4.78, 5) is 32.6. The van der Waals surface area contributed by atoms with Crippen molar-refractivity contribution < 1.29 is 14.6 Å². The van der Waals surface area contributed by atoms with Gasteiger partial charge in [0.2, 0.25) is 5.91 Å². The molecule has 3 aromatic heterocycles. The Kier molecular flexibility index (Phi) is 6.50. The Morgan fingerprint density at radius 1 is 1.18 bits per heavy atom. The molecule has 2 atom stereocenters. The van der Waals surface area contributed by atoms with Crippen molar-refractivity contribution in [2.24, 2.45) is 5.41 Å². The minimum Gasteiger partial charge on any atom is -0.386 e. The van der Waals surface area contributed by atoms with Crippen LogP contribution in [0.4, 0.5) is 5.82 Å². The van der Waals surface area contributed by atoms with E-state index in [1.165, 1.54) is 6.33 Å². The number of nitrogens with two attached hydrogens (primary N) is 1.